The molecule has 0 bridgehead atoms. The largest absolute Gasteiger partial charge is 0.497 e. The molecule has 1 aliphatic rings. The van der Waals surface area contributed by atoms with E-state index in [1.165, 1.54) is 12.0 Å². The Bertz CT molecular complexity index is 694. The summed E-state index contributed by atoms with van der Waals surface area (Å²) in [4.78, 5) is 15.7. The van der Waals surface area contributed by atoms with Gasteiger partial charge in [-0.25, -0.2) is 0 Å². The van der Waals surface area contributed by atoms with Gasteiger partial charge in [-0.05, 0) is 61.4 Å². The van der Waals surface area contributed by atoms with Crippen molar-refractivity contribution in [2.45, 2.75) is 38.5 Å². The van der Waals surface area contributed by atoms with E-state index in [-0.39, 0.29) is 6.42 Å². The molecule has 0 saturated heterocycles. The summed E-state index contributed by atoms with van der Waals surface area (Å²) in [6.07, 6.45) is 5.04. The molecule has 0 fully saturated rings. The van der Waals surface area contributed by atoms with E-state index in [1.54, 1.807) is 7.11 Å². The molecule has 0 saturated carbocycles. The molecule has 0 unspecified atom stereocenters. The number of benzene rings is 1. The van der Waals surface area contributed by atoms with Gasteiger partial charge in [0.05, 0.1) is 12.6 Å². The third-order valence-corrected chi connectivity index (χ3v) is 4.18. The fourth-order valence-electron chi connectivity index (χ4n) is 3.14. The third kappa shape index (κ3) is 2.71. The van der Waals surface area contributed by atoms with Crippen molar-refractivity contribution in [2.75, 3.05) is 7.11 Å². The van der Waals surface area contributed by atoms with Crippen LogP contribution in [0.4, 0.5) is 0 Å². The molecule has 0 aliphatic heterocycles. The first-order valence-electron chi connectivity index (χ1n) is 7.39. The van der Waals surface area contributed by atoms with Crippen molar-refractivity contribution in [3.8, 4) is 5.75 Å². The van der Waals surface area contributed by atoms with Crippen LogP contribution in [0.25, 0.3) is 10.9 Å². The van der Waals surface area contributed by atoms with E-state index in [0.717, 1.165) is 47.2 Å². The normalized spacial score (nSPS) is 14.0. The topological polar surface area (TPSA) is 59.4 Å². The van der Waals surface area contributed by atoms with E-state index >= 15 is 0 Å². The number of methoxy groups -OCH3 is 1. The Morgan fingerprint density at radius 1 is 1.33 bits per heavy atom. The second-order valence-corrected chi connectivity index (χ2v) is 5.50. The molecule has 0 amide bonds. The summed E-state index contributed by atoms with van der Waals surface area (Å²) in [7, 11) is 1.64. The lowest BCUT2D eigenvalue weighted by atomic mass is 9.88. The van der Waals surface area contributed by atoms with Crippen molar-refractivity contribution in [3.63, 3.8) is 0 Å². The number of aliphatic carboxylic acids is 1. The third-order valence-electron chi connectivity index (χ3n) is 4.18. The van der Waals surface area contributed by atoms with Gasteiger partial charge in [0.2, 0.25) is 0 Å². The van der Waals surface area contributed by atoms with Crippen molar-refractivity contribution < 1.29 is 14.6 Å². The van der Waals surface area contributed by atoms with Gasteiger partial charge in [-0.1, -0.05) is 0 Å². The SMILES string of the molecule is COc1ccc2nc3c(c(CCC(=O)O)c2c1)CCCC3. The Morgan fingerprint density at radius 2 is 2.14 bits per heavy atom. The number of ether oxygens (including phenoxy) is 1. The maximum absolute atomic E-state index is 11.0. The lowest BCUT2D eigenvalue weighted by Gasteiger charge is -2.21. The smallest absolute Gasteiger partial charge is 0.303 e. The van der Waals surface area contributed by atoms with Gasteiger partial charge >= 0.3 is 5.97 Å². The van der Waals surface area contributed by atoms with Crippen LogP contribution in [0, 0.1) is 0 Å². The van der Waals surface area contributed by atoms with Gasteiger partial charge < -0.3 is 9.84 Å². The first kappa shape index (κ1) is 13.9. The molecule has 4 heteroatoms. The number of carboxylic acid groups (broad SMARTS) is 1. The minimum atomic E-state index is -0.757. The van der Waals surface area contributed by atoms with Crippen LogP contribution < -0.4 is 4.74 Å². The molecular weight excluding hydrogens is 266 g/mol. The van der Waals surface area contributed by atoms with Crippen LogP contribution in [0.15, 0.2) is 18.2 Å². The Balaban J connectivity index is 2.18. The predicted octanol–water partition coefficient (Wildman–Crippen LogP) is 3.14. The van der Waals surface area contributed by atoms with Crippen LogP contribution in [0.1, 0.15) is 36.1 Å². The van der Waals surface area contributed by atoms with Gasteiger partial charge in [0, 0.05) is 17.5 Å². The van der Waals surface area contributed by atoms with E-state index in [0.29, 0.717) is 6.42 Å². The lowest BCUT2D eigenvalue weighted by molar-refractivity contribution is -0.136. The summed E-state index contributed by atoms with van der Waals surface area (Å²) in [6, 6.07) is 5.85. The van der Waals surface area contributed by atoms with E-state index in [4.69, 9.17) is 14.8 Å². The molecule has 0 radical (unpaired) electrons. The number of aromatic nitrogens is 1. The summed E-state index contributed by atoms with van der Waals surface area (Å²) in [5, 5.41) is 10.0. The fourth-order valence-corrected chi connectivity index (χ4v) is 3.14. The van der Waals surface area contributed by atoms with Crippen molar-refractivity contribution in [1.82, 2.24) is 4.98 Å². The number of carbonyl (C=O) groups is 1. The molecule has 0 spiro atoms. The number of hydrogen-bond donors (Lipinski definition) is 1. The number of nitrogens with zero attached hydrogens (tertiary/aromatic N) is 1. The zero-order chi connectivity index (χ0) is 14.8. The van der Waals surface area contributed by atoms with Crippen LogP contribution in [-0.4, -0.2) is 23.2 Å². The van der Waals surface area contributed by atoms with Gasteiger partial charge in [-0.3, -0.25) is 9.78 Å². The highest BCUT2D eigenvalue weighted by atomic mass is 16.5. The van der Waals surface area contributed by atoms with Gasteiger partial charge in [0.15, 0.2) is 0 Å². The highest BCUT2D eigenvalue weighted by Crippen LogP contribution is 2.32. The van der Waals surface area contributed by atoms with E-state index < -0.39 is 5.97 Å². The van der Waals surface area contributed by atoms with Crippen LogP contribution in [0.5, 0.6) is 5.75 Å². The molecule has 1 heterocycles. The maximum atomic E-state index is 11.0. The minimum Gasteiger partial charge on any atom is -0.497 e. The van der Waals surface area contributed by atoms with E-state index in [2.05, 4.69) is 0 Å². The molecular formula is C17H19NO3. The average molecular weight is 285 g/mol. The van der Waals surface area contributed by atoms with Crippen LogP contribution in [-0.2, 0) is 24.1 Å². The Morgan fingerprint density at radius 3 is 2.90 bits per heavy atom. The Hall–Kier alpha value is -2.10. The van der Waals surface area contributed by atoms with Gasteiger partial charge in [-0.15, -0.1) is 0 Å². The zero-order valence-corrected chi connectivity index (χ0v) is 12.2. The summed E-state index contributed by atoms with van der Waals surface area (Å²) < 4.78 is 5.30. The van der Waals surface area contributed by atoms with Gasteiger partial charge in [-0.2, -0.15) is 0 Å². The number of hydrogen-bond acceptors (Lipinski definition) is 3. The number of pyridine rings is 1. The summed E-state index contributed by atoms with van der Waals surface area (Å²) >= 11 is 0. The molecule has 21 heavy (non-hydrogen) atoms. The van der Waals surface area contributed by atoms with Crippen molar-refractivity contribution in [2.24, 2.45) is 0 Å². The first-order valence-corrected chi connectivity index (χ1v) is 7.39. The monoisotopic (exact) mass is 285 g/mol. The van der Waals surface area contributed by atoms with Gasteiger partial charge in [0.25, 0.3) is 0 Å². The molecule has 1 N–H and O–H groups in total. The second-order valence-electron chi connectivity index (χ2n) is 5.50. The lowest BCUT2D eigenvalue weighted by Crippen LogP contribution is -2.11. The number of carboxylic acids is 1. The summed E-state index contributed by atoms with van der Waals surface area (Å²) in [6.45, 7) is 0. The van der Waals surface area contributed by atoms with Crippen LogP contribution >= 0.6 is 0 Å². The molecule has 1 aromatic carbocycles. The highest BCUT2D eigenvalue weighted by molar-refractivity contribution is 5.86. The van der Waals surface area contributed by atoms with E-state index in [1.807, 2.05) is 18.2 Å². The molecule has 110 valence electrons. The second kappa shape index (κ2) is 5.72. The Kier molecular flexibility index (Phi) is 3.78. The van der Waals surface area contributed by atoms with Crippen LogP contribution in [0.2, 0.25) is 0 Å². The molecule has 3 rings (SSSR count). The standard InChI is InChI=1S/C17H19NO3/c1-21-11-6-8-16-14(10-11)12(7-9-17(19)20)13-4-2-3-5-15(13)18-16/h6,8,10H,2-5,7,9H2,1H3,(H,19,20). The molecule has 0 atom stereocenters. The van der Waals surface area contributed by atoms with Gasteiger partial charge in [0.1, 0.15) is 5.75 Å². The Labute approximate surface area is 123 Å². The van der Waals surface area contributed by atoms with Crippen LogP contribution in [0.3, 0.4) is 0 Å². The van der Waals surface area contributed by atoms with Crippen molar-refractivity contribution in [1.29, 1.82) is 0 Å². The first-order chi connectivity index (χ1) is 10.2. The predicted molar refractivity (Wildman–Crippen MR) is 80.9 cm³/mol. The summed E-state index contributed by atoms with van der Waals surface area (Å²) in [5.41, 5.74) is 4.51. The molecule has 1 aromatic heterocycles. The maximum Gasteiger partial charge on any atom is 0.303 e. The van der Waals surface area contributed by atoms with Crippen molar-refractivity contribution >= 4 is 16.9 Å². The molecule has 1 aliphatic carbocycles. The quantitative estimate of drug-likeness (QED) is 0.937. The number of aryl methyl sites for hydroxylation is 2. The summed E-state index contributed by atoms with van der Waals surface area (Å²) in [5.74, 6) is 0.0315. The zero-order valence-electron chi connectivity index (χ0n) is 12.2. The van der Waals surface area contributed by atoms with E-state index in [9.17, 15) is 4.79 Å². The number of fused-ring (bicyclic) bond motifs is 2. The highest BCUT2D eigenvalue weighted by Gasteiger charge is 2.18. The molecule has 2 aromatic rings. The fraction of sp³-hybridized carbons (Fsp3) is 0.412. The number of rotatable bonds is 4. The average Bonchev–Trinajstić information content (AvgIpc) is 2.50. The van der Waals surface area contributed by atoms with Crippen molar-refractivity contribution in [3.05, 3.63) is 35.0 Å². The molecule has 4 nitrogen and oxygen atoms in total. The minimum absolute atomic E-state index is 0.156.